The number of nitrogens with two attached hydrogens (primary N) is 1. The highest BCUT2D eigenvalue weighted by Crippen LogP contribution is 2.36. The number of carbonyl (C=O) groups excluding carboxylic acids is 2. The summed E-state index contributed by atoms with van der Waals surface area (Å²) in [4.78, 5) is 37.2. The molecule has 2 heterocycles. The van der Waals surface area contributed by atoms with Crippen molar-refractivity contribution in [2.24, 2.45) is 7.05 Å². The quantitative estimate of drug-likeness (QED) is 0.269. The highest BCUT2D eigenvalue weighted by molar-refractivity contribution is 7.70. The van der Waals surface area contributed by atoms with Crippen LogP contribution >= 0.6 is 20.7 Å². The molecule has 1 aromatic carbocycles. The second-order valence-corrected chi connectivity index (χ2v) is 8.93. The van der Waals surface area contributed by atoms with Crippen LogP contribution in [0.4, 0.5) is 17.1 Å². The standard InChI is InChI=1S/C20H24N4O3S2/c1-24-15-12-28-29-19(15)18(20(24)27)23-17(26)11-5-3-2-4-10-16(25)22-14-9-7-6-8-13(14)21/h6-9,12H,2-5,10-11,21H2,1H3,(H,22,25)(H,23,26). The molecule has 0 atom stereocenters. The van der Waals surface area contributed by atoms with Gasteiger partial charge in [-0.1, -0.05) is 45.7 Å². The summed E-state index contributed by atoms with van der Waals surface area (Å²) in [7, 11) is 4.75. The van der Waals surface area contributed by atoms with Crippen molar-refractivity contribution in [2.75, 3.05) is 16.4 Å². The average Bonchev–Trinajstić information content (AvgIpc) is 3.26. The lowest BCUT2D eigenvalue weighted by Crippen LogP contribution is -2.19. The minimum atomic E-state index is -0.169. The van der Waals surface area contributed by atoms with Gasteiger partial charge in [-0.3, -0.25) is 14.4 Å². The van der Waals surface area contributed by atoms with Crippen LogP contribution in [0.2, 0.25) is 0 Å². The van der Waals surface area contributed by atoms with Crippen LogP contribution in [-0.4, -0.2) is 16.4 Å². The van der Waals surface area contributed by atoms with E-state index in [2.05, 4.69) is 10.6 Å². The number of benzene rings is 1. The first-order valence-corrected chi connectivity index (χ1v) is 11.7. The molecule has 2 aliphatic rings. The molecule has 29 heavy (non-hydrogen) atoms. The lowest BCUT2D eigenvalue weighted by atomic mass is 10.1. The summed E-state index contributed by atoms with van der Waals surface area (Å²) in [5.41, 5.74) is 8.06. The minimum Gasteiger partial charge on any atom is -0.397 e. The molecular weight excluding hydrogens is 408 g/mol. The number of nitrogen functional groups attached to an aromatic ring is 1. The van der Waals surface area contributed by atoms with Crippen LogP contribution in [0.5, 0.6) is 0 Å². The largest absolute Gasteiger partial charge is 0.397 e. The van der Waals surface area contributed by atoms with Crippen molar-refractivity contribution in [1.29, 1.82) is 0 Å². The Morgan fingerprint density at radius 2 is 1.69 bits per heavy atom. The molecule has 3 rings (SSSR count). The van der Waals surface area contributed by atoms with Gasteiger partial charge >= 0.3 is 0 Å². The summed E-state index contributed by atoms with van der Waals surface area (Å²) in [5, 5.41) is 7.50. The zero-order chi connectivity index (χ0) is 20.8. The molecule has 9 heteroatoms. The maximum atomic E-state index is 12.2. The summed E-state index contributed by atoms with van der Waals surface area (Å²) < 4.78 is 1.56. The molecule has 0 spiro atoms. The van der Waals surface area contributed by atoms with E-state index in [4.69, 9.17) is 5.73 Å². The summed E-state index contributed by atoms with van der Waals surface area (Å²) >= 11 is 0. The maximum absolute atomic E-state index is 12.2. The normalized spacial score (nSPS) is 10.9. The number of aromatic nitrogens is 1. The lowest BCUT2D eigenvalue weighted by molar-refractivity contribution is -0.117. The van der Waals surface area contributed by atoms with Crippen LogP contribution in [-0.2, 0) is 16.6 Å². The number of amides is 2. The Morgan fingerprint density at radius 1 is 1.03 bits per heavy atom. The Bertz CT molecular complexity index is 1020. The van der Waals surface area contributed by atoms with Gasteiger partial charge in [-0.25, -0.2) is 0 Å². The molecule has 1 aromatic rings. The van der Waals surface area contributed by atoms with Crippen molar-refractivity contribution >= 4 is 49.6 Å². The number of unbranched alkanes of at least 4 members (excludes halogenated alkanes) is 3. The Balaban J connectivity index is 1.33. The molecule has 0 aromatic heterocycles. The number of fused-ring (bicyclic) bond motifs is 1. The van der Waals surface area contributed by atoms with Crippen molar-refractivity contribution in [3.05, 3.63) is 40.0 Å². The van der Waals surface area contributed by atoms with E-state index in [1.165, 1.54) is 10.3 Å². The van der Waals surface area contributed by atoms with E-state index in [-0.39, 0.29) is 17.4 Å². The molecule has 2 aliphatic heterocycles. The molecular formula is C20H24N4O3S2. The number of hydrogen-bond donors (Lipinski definition) is 3. The fourth-order valence-electron chi connectivity index (χ4n) is 3.05. The number of nitrogens with zero attached hydrogens (tertiary/aromatic N) is 1. The fraction of sp³-hybridized carbons (Fsp3) is 0.350. The molecule has 0 aliphatic carbocycles. The van der Waals surface area contributed by atoms with Gasteiger partial charge in [0.15, 0.2) is 0 Å². The zero-order valence-corrected chi connectivity index (χ0v) is 17.8. The second-order valence-electron chi connectivity index (χ2n) is 6.85. The van der Waals surface area contributed by atoms with Gasteiger partial charge in [0, 0.05) is 25.3 Å². The molecule has 0 saturated heterocycles. The van der Waals surface area contributed by atoms with Gasteiger partial charge in [-0.05, 0) is 25.0 Å². The van der Waals surface area contributed by atoms with Gasteiger partial charge in [0.2, 0.25) is 11.8 Å². The predicted molar refractivity (Wildman–Crippen MR) is 120 cm³/mol. The Labute approximate surface area is 176 Å². The number of nitrogens with one attached hydrogen (secondary N) is 2. The van der Waals surface area contributed by atoms with E-state index in [1.54, 1.807) is 34.1 Å². The number of para-hydroxylation sites is 2. The SMILES string of the molecule is Cn1c2cssc-2c(NC(=O)CCCCCCC(=O)Nc2ccccc2N)c1=O. The topological polar surface area (TPSA) is 106 Å². The average molecular weight is 433 g/mol. The van der Waals surface area contributed by atoms with Gasteiger partial charge in [0.25, 0.3) is 5.56 Å². The molecule has 4 N–H and O–H groups in total. The highest BCUT2D eigenvalue weighted by Gasteiger charge is 2.21. The van der Waals surface area contributed by atoms with Gasteiger partial charge in [0.05, 0.1) is 21.9 Å². The first-order chi connectivity index (χ1) is 14.0. The monoisotopic (exact) mass is 432 g/mol. The molecule has 0 fully saturated rings. The van der Waals surface area contributed by atoms with Gasteiger partial charge in [0.1, 0.15) is 5.69 Å². The molecule has 0 unspecified atom stereocenters. The number of rotatable bonds is 9. The second kappa shape index (κ2) is 9.71. The third-order valence-electron chi connectivity index (χ3n) is 4.69. The van der Waals surface area contributed by atoms with Crippen LogP contribution in [0.3, 0.4) is 0 Å². The number of carbonyl (C=O) groups is 2. The number of hydrogen-bond acceptors (Lipinski definition) is 6. The van der Waals surface area contributed by atoms with Crippen molar-refractivity contribution in [1.82, 2.24) is 4.57 Å². The molecule has 0 radical (unpaired) electrons. The van der Waals surface area contributed by atoms with E-state index < -0.39 is 0 Å². The summed E-state index contributed by atoms with van der Waals surface area (Å²) in [6, 6.07) is 7.17. The van der Waals surface area contributed by atoms with E-state index in [0.29, 0.717) is 29.9 Å². The van der Waals surface area contributed by atoms with Crippen LogP contribution in [0, 0.1) is 0 Å². The Kier molecular flexibility index (Phi) is 7.05. The van der Waals surface area contributed by atoms with Crippen LogP contribution in [0.15, 0.2) is 34.4 Å². The Morgan fingerprint density at radius 3 is 2.38 bits per heavy atom. The third-order valence-corrected chi connectivity index (χ3v) is 6.76. The van der Waals surface area contributed by atoms with Crippen molar-refractivity contribution in [2.45, 2.75) is 38.5 Å². The van der Waals surface area contributed by atoms with Crippen molar-refractivity contribution in [3.8, 4) is 10.6 Å². The highest BCUT2D eigenvalue weighted by atomic mass is 32.9. The zero-order valence-electron chi connectivity index (χ0n) is 16.2. The van der Waals surface area contributed by atoms with E-state index in [1.807, 2.05) is 17.5 Å². The minimum absolute atomic E-state index is 0.0614. The lowest BCUT2D eigenvalue weighted by Gasteiger charge is -2.07. The summed E-state index contributed by atoms with van der Waals surface area (Å²) in [6.07, 6.45) is 3.96. The third kappa shape index (κ3) is 5.24. The predicted octanol–water partition coefficient (Wildman–Crippen LogP) is 4.11. The van der Waals surface area contributed by atoms with Gasteiger partial charge < -0.3 is 20.9 Å². The van der Waals surface area contributed by atoms with E-state index >= 15 is 0 Å². The smallest absolute Gasteiger partial charge is 0.276 e. The fourth-order valence-corrected chi connectivity index (χ4v) is 5.35. The number of anilines is 3. The molecule has 0 bridgehead atoms. The molecule has 0 saturated carbocycles. The molecule has 7 nitrogen and oxygen atoms in total. The molecule has 2 amide bonds. The van der Waals surface area contributed by atoms with E-state index in [9.17, 15) is 14.4 Å². The van der Waals surface area contributed by atoms with Gasteiger partial charge in [-0.15, -0.1) is 0 Å². The summed E-state index contributed by atoms with van der Waals surface area (Å²) in [6.45, 7) is 0. The van der Waals surface area contributed by atoms with Crippen molar-refractivity contribution < 1.29 is 9.59 Å². The first kappa shape index (κ1) is 21.1. The van der Waals surface area contributed by atoms with Crippen molar-refractivity contribution in [3.63, 3.8) is 0 Å². The summed E-state index contributed by atoms with van der Waals surface area (Å²) in [5.74, 6) is -0.209. The van der Waals surface area contributed by atoms with E-state index in [0.717, 1.165) is 36.3 Å². The first-order valence-electron chi connectivity index (χ1n) is 9.48. The van der Waals surface area contributed by atoms with Crippen LogP contribution in [0.25, 0.3) is 10.6 Å². The molecule has 154 valence electrons. The van der Waals surface area contributed by atoms with Gasteiger partial charge in [-0.2, -0.15) is 0 Å². The van der Waals surface area contributed by atoms with Crippen LogP contribution < -0.4 is 21.9 Å². The Hall–Kier alpha value is -2.65. The maximum Gasteiger partial charge on any atom is 0.276 e. The van der Waals surface area contributed by atoms with Crippen LogP contribution in [0.1, 0.15) is 38.5 Å².